The molecule has 1 aromatic heterocycles. The van der Waals surface area contributed by atoms with Gasteiger partial charge in [-0.15, -0.1) is 0 Å². The Morgan fingerprint density at radius 3 is 3.22 bits per heavy atom. The molecule has 3 rings (SSSR count). The third kappa shape index (κ3) is 1.53. The topological polar surface area (TPSA) is 95.0 Å². The Hall–Kier alpha value is -1.81. The maximum absolute atomic E-state index is 11.7. The van der Waals surface area contributed by atoms with E-state index in [0.29, 0.717) is 12.1 Å². The predicted octanol–water partition coefficient (Wildman–Crippen LogP) is 0.312. The van der Waals surface area contributed by atoms with Crippen LogP contribution < -0.4 is 16.0 Å². The van der Waals surface area contributed by atoms with Crippen LogP contribution in [-0.2, 0) is 4.79 Å². The lowest BCUT2D eigenvalue weighted by molar-refractivity contribution is -0.122. The summed E-state index contributed by atoms with van der Waals surface area (Å²) < 4.78 is 4.05. The van der Waals surface area contributed by atoms with Crippen LogP contribution >= 0.6 is 11.5 Å². The summed E-state index contributed by atoms with van der Waals surface area (Å²) in [6.07, 6.45) is 1.88. The van der Waals surface area contributed by atoms with E-state index < -0.39 is 0 Å². The molecule has 0 bridgehead atoms. The SMILES string of the molecule is N#Cc1c(N)nsc1N1CCCC2C(=O)NCC21. The highest BCUT2D eigenvalue weighted by molar-refractivity contribution is 7.10. The summed E-state index contributed by atoms with van der Waals surface area (Å²) in [5.41, 5.74) is 6.14. The number of nitrogens with two attached hydrogens (primary N) is 1. The van der Waals surface area contributed by atoms with E-state index in [0.717, 1.165) is 24.4 Å². The largest absolute Gasteiger partial charge is 0.382 e. The second-order valence-corrected chi connectivity index (χ2v) is 5.37. The van der Waals surface area contributed by atoms with Crippen LogP contribution in [0.3, 0.4) is 0 Å². The van der Waals surface area contributed by atoms with E-state index in [1.807, 2.05) is 0 Å². The van der Waals surface area contributed by atoms with Gasteiger partial charge in [-0.05, 0) is 24.4 Å². The zero-order valence-corrected chi connectivity index (χ0v) is 10.5. The number of aromatic nitrogens is 1. The molecule has 2 saturated heterocycles. The number of nitrogens with zero attached hydrogens (tertiary/aromatic N) is 3. The Labute approximate surface area is 109 Å². The number of amides is 1. The number of nitriles is 1. The van der Waals surface area contributed by atoms with Crippen molar-refractivity contribution in [2.45, 2.75) is 18.9 Å². The highest BCUT2D eigenvalue weighted by atomic mass is 32.1. The van der Waals surface area contributed by atoms with Crippen LogP contribution in [0.2, 0.25) is 0 Å². The smallest absolute Gasteiger partial charge is 0.225 e. The molecule has 2 unspecified atom stereocenters. The van der Waals surface area contributed by atoms with Crippen molar-refractivity contribution in [1.29, 1.82) is 5.26 Å². The summed E-state index contributed by atoms with van der Waals surface area (Å²) in [4.78, 5) is 13.8. The lowest BCUT2D eigenvalue weighted by Crippen LogP contribution is -2.45. The average Bonchev–Trinajstić information content (AvgIpc) is 2.93. The Morgan fingerprint density at radius 2 is 2.44 bits per heavy atom. The molecule has 0 spiro atoms. The minimum atomic E-state index is 0.0358. The van der Waals surface area contributed by atoms with E-state index in [9.17, 15) is 4.79 Å². The van der Waals surface area contributed by atoms with Gasteiger partial charge < -0.3 is 16.0 Å². The molecule has 2 fully saturated rings. The van der Waals surface area contributed by atoms with Crippen molar-refractivity contribution in [3.63, 3.8) is 0 Å². The first-order chi connectivity index (χ1) is 8.72. The molecule has 7 heteroatoms. The lowest BCUT2D eigenvalue weighted by atomic mass is 9.91. The van der Waals surface area contributed by atoms with Gasteiger partial charge in [0, 0.05) is 13.1 Å². The fourth-order valence-electron chi connectivity index (χ4n) is 2.80. The van der Waals surface area contributed by atoms with Crippen LogP contribution in [0.1, 0.15) is 18.4 Å². The van der Waals surface area contributed by atoms with Crippen LogP contribution in [0, 0.1) is 17.2 Å². The van der Waals surface area contributed by atoms with Crippen LogP contribution in [0.25, 0.3) is 0 Å². The highest BCUT2D eigenvalue weighted by Crippen LogP contribution is 2.37. The Bertz CT molecular complexity index is 534. The second-order valence-electron chi connectivity index (χ2n) is 4.61. The molecule has 3 N–H and O–H groups in total. The molecule has 1 amide bonds. The van der Waals surface area contributed by atoms with Gasteiger partial charge in [0.05, 0.1) is 12.0 Å². The molecule has 1 aromatic rings. The highest BCUT2D eigenvalue weighted by Gasteiger charge is 2.42. The third-order valence-corrected chi connectivity index (χ3v) is 4.57. The van der Waals surface area contributed by atoms with Crippen LogP contribution in [-0.4, -0.2) is 29.4 Å². The second kappa shape index (κ2) is 4.14. The van der Waals surface area contributed by atoms with E-state index in [-0.39, 0.29) is 23.7 Å². The maximum Gasteiger partial charge on any atom is 0.225 e. The van der Waals surface area contributed by atoms with Crippen molar-refractivity contribution in [3.8, 4) is 6.07 Å². The summed E-state index contributed by atoms with van der Waals surface area (Å²) in [6.45, 7) is 1.50. The van der Waals surface area contributed by atoms with Gasteiger partial charge >= 0.3 is 0 Å². The number of fused-ring (bicyclic) bond motifs is 1. The van der Waals surface area contributed by atoms with Crippen LogP contribution in [0.15, 0.2) is 0 Å². The van der Waals surface area contributed by atoms with Gasteiger partial charge in [0.1, 0.15) is 16.6 Å². The van der Waals surface area contributed by atoms with Crippen LogP contribution in [0.5, 0.6) is 0 Å². The molecule has 94 valence electrons. The van der Waals surface area contributed by atoms with Crippen molar-refractivity contribution in [2.24, 2.45) is 5.92 Å². The monoisotopic (exact) mass is 263 g/mol. The van der Waals surface area contributed by atoms with Gasteiger partial charge in [-0.3, -0.25) is 4.79 Å². The van der Waals surface area contributed by atoms with Crippen molar-refractivity contribution in [2.75, 3.05) is 23.7 Å². The van der Waals surface area contributed by atoms with E-state index in [2.05, 4.69) is 20.7 Å². The van der Waals surface area contributed by atoms with E-state index in [4.69, 9.17) is 11.0 Å². The van der Waals surface area contributed by atoms with Crippen LogP contribution in [0.4, 0.5) is 10.8 Å². The lowest BCUT2D eigenvalue weighted by Gasteiger charge is -2.36. The van der Waals surface area contributed by atoms with Gasteiger partial charge in [0.2, 0.25) is 5.91 Å². The number of anilines is 2. The first-order valence-corrected chi connectivity index (χ1v) is 6.69. The molecular weight excluding hydrogens is 250 g/mol. The van der Waals surface area contributed by atoms with Crippen molar-refractivity contribution >= 4 is 28.3 Å². The number of rotatable bonds is 1. The summed E-state index contributed by atoms with van der Waals surface area (Å²) >= 11 is 1.25. The van der Waals surface area contributed by atoms with E-state index >= 15 is 0 Å². The molecule has 0 aromatic carbocycles. The quantitative estimate of drug-likeness (QED) is 0.760. The molecule has 2 aliphatic heterocycles. The fraction of sp³-hybridized carbons (Fsp3) is 0.545. The van der Waals surface area contributed by atoms with Crippen molar-refractivity contribution in [3.05, 3.63) is 5.56 Å². The van der Waals surface area contributed by atoms with Gasteiger partial charge in [0.25, 0.3) is 0 Å². The fourth-order valence-corrected chi connectivity index (χ4v) is 3.65. The first kappa shape index (κ1) is 11.3. The number of hydrogen-bond acceptors (Lipinski definition) is 6. The van der Waals surface area contributed by atoms with E-state index in [1.165, 1.54) is 11.5 Å². The summed E-state index contributed by atoms with van der Waals surface area (Å²) in [5, 5.41) is 12.8. The zero-order valence-electron chi connectivity index (χ0n) is 9.72. The summed E-state index contributed by atoms with van der Waals surface area (Å²) in [6, 6.07) is 2.25. The number of nitrogen functional groups attached to an aromatic ring is 1. The minimum absolute atomic E-state index is 0.0358. The van der Waals surface area contributed by atoms with Gasteiger partial charge in [-0.25, -0.2) is 0 Å². The number of carbonyl (C=O) groups excluding carboxylic acids is 1. The molecule has 2 aliphatic rings. The molecule has 6 nitrogen and oxygen atoms in total. The average molecular weight is 263 g/mol. The normalized spacial score (nSPS) is 26.6. The number of piperidine rings is 1. The minimum Gasteiger partial charge on any atom is -0.382 e. The summed E-state index contributed by atoms with van der Waals surface area (Å²) in [5.74, 6) is 0.450. The molecule has 0 radical (unpaired) electrons. The Balaban J connectivity index is 1.96. The van der Waals surface area contributed by atoms with Gasteiger partial charge in [-0.1, -0.05) is 0 Å². The molecule has 2 atom stereocenters. The third-order valence-electron chi connectivity index (χ3n) is 3.67. The molecule has 0 saturated carbocycles. The van der Waals surface area contributed by atoms with E-state index in [1.54, 1.807) is 0 Å². The maximum atomic E-state index is 11.7. The zero-order chi connectivity index (χ0) is 12.7. The number of hydrogen-bond donors (Lipinski definition) is 2. The molecular formula is C11H13N5OS. The standard InChI is InChI=1S/C11H13N5OS/c12-4-7-9(13)15-18-11(7)16-3-1-2-6-8(16)5-14-10(6)17/h6,8H,1-3,5H2,(H2,13,15)(H,14,17). The van der Waals surface area contributed by atoms with Crippen molar-refractivity contribution < 1.29 is 4.79 Å². The van der Waals surface area contributed by atoms with Gasteiger partial charge in [0.15, 0.2) is 5.82 Å². The Morgan fingerprint density at radius 1 is 1.61 bits per heavy atom. The Kier molecular flexibility index (Phi) is 2.59. The first-order valence-electron chi connectivity index (χ1n) is 5.92. The molecule has 3 heterocycles. The van der Waals surface area contributed by atoms with Gasteiger partial charge in [-0.2, -0.15) is 9.64 Å². The molecule has 18 heavy (non-hydrogen) atoms. The number of nitrogens with one attached hydrogen (secondary N) is 1. The number of carbonyl (C=O) groups is 1. The predicted molar refractivity (Wildman–Crippen MR) is 68.1 cm³/mol. The summed E-state index contributed by atoms with van der Waals surface area (Å²) in [7, 11) is 0. The van der Waals surface area contributed by atoms with Crippen molar-refractivity contribution in [1.82, 2.24) is 9.69 Å². The molecule has 0 aliphatic carbocycles.